The largest absolute Gasteiger partial charge is 0.395 e. The Hall–Kier alpha value is -0.400. The van der Waals surface area contributed by atoms with E-state index in [1.54, 1.807) is 6.07 Å². The summed E-state index contributed by atoms with van der Waals surface area (Å²) in [4.78, 5) is 0. The predicted molar refractivity (Wildman–Crippen MR) is 77.0 cm³/mol. The fourth-order valence-electron chi connectivity index (χ4n) is 2.16. The smallest absolute Gasteiger partial charge is 0.250 e. The van der Waals surface area contributed by atoms with Crippen LogP contribution in [0.5, 0.6) is 0 Å². The van der Waals surface area contributed by atoms with Crippen LogP contribution in [0, 0.1) is 5.92 Å². The lowest BCUT2D eigenvalue weighted by molar-refractivity contribution is 0.208. The molecule has 0 bridgehead atoms. The molecule has 1 heterocycles. The predicted octanol–water partition coefficient (Wildman–Crippen LogP) is 2.40. The molecular formula is C12H16ClNO3S2. The van der Waals surface area contributed by atoms with Gasteiger partial charge < -0.3 is 5.11 Å². The Bertz CT molecular complexity index is 553. The molecule has 7 heteroatoms. The Balaban J connectivity index is 2.11. The van der Waals surface area contributed by atoms with Gasteiger partial charge in [-0.15, -0.1) is 11.3 Å². The van der Waals surface area contributed by atoms with Gasteiger partial charge in [-0.3, -0.25) is 0 Å². The fourth-order valence-corrected chi connectivity index (χ4v) is 4.96. The zero-order valence-electron chi connectivity index (χ0n) is 10.3. The summed E-state index contributed by atoms with van der Waals surface area (Å²) in [5.41, 5.74) is 0. The zero-order chi connectivity index (χ0) is 13.9. The lowest BCUT2D eigenvalue weighted by atomic mass is 9.88. The Morgan fingerprint density at radius 3 is 2.79 bits per heavy atom. The van der Waals surface area contributed by atoms with Gasteiger partial charge in [0, 0.05) is 6.04 Å². The number of hydrogen-bond donors (Lipinski definition) is 2. The molecule has 0 saturated carbocycles. The molecule has 4 nitrogen and oxygen atoms in total. The molecule has 1 aromatic heterocycles. The summed E-state index contributed by atoms with van der Waals surface area (Å²) < 4.78 is 27.5. The Morgan fingerprint density at radius 2 is 2.26 bits per heavy atom. The minimum absolute atomic E-state index is 0.139. The minimum atomic E-state index is -3.60. The van der Waals surface area contributed by atoms with Gasteiger partial charge in [-0.1, -0.05) is 23.8 Å². The third kappa shape index (κ3) is 3.79. The Morgan fingerprint density at radius 1 is 1.47 bits per heavy atom. The van der Waals surface area contributed by atoms with E-state index in [0.717, 1.165) is 30.6 Å². The van der Waals surface area contributed by atoms with Crippen molar-refractivity contribution in [3.8, 4) is 0 Å². The average molecular weight is 322 g/mol. The molecule has 1 aliphatic carbocycles. The number of rotatable bonds is 5. The van der Waals surface area contributed by atoms with Gasteiger partial charge in [-0.25, -0.2) is 13.1 Å². The van der Waals surface area contributed by atoms with E-state index >= 15 is 0 Å². The summed E-state index contributed by atoms with van der Waals surface area (Å²) in [5, 5.41) is 9.42. The molecule has 0 radical (unpaired) electrons. The first-order valence-corrected chi connectivity index (χ1v) is 8.74. The van der Waals surface area contributed by atoms with Crippen LogP contribution in [0.15, 0.2) is 28.5 Å². The fraction of sp³-hybridized carbons (Fsp3) is 0.500. The molecule has 1 aromatic rings. The maximum absolute atomic E-state index is 12.2. The molecule has 2 unspecified atom stereocenters. The topological polar surface area (TPSA) is 66.4 Å². The molecule has 0 aliphatic heterocycles. The van der Waals surface area contributed by atoms with Crippen LogP contribution in [-0.4, -0.2) is 26.2 Å². The molecule has 0 fully saturated rings. The number of nitrogens with one attached hydrogen (secondary N) is 1. The highest BCUT2D eigenvalue weighted by molar-refractivity contribution is 7.91. The van der Waals surface area contributed by atoms with Crippen molar-refractivity contribution < 1.29 is 13.5 Å². The molecule has 2 rings (SSSR count). The van der Waals surface area contributed by atoms with Gasteiger partial charge >= 0.3 is 0 Å². The molecule has 0 saturated heterocycles. The number of aliphatic hydroxyl groups excluding tert-OH is 1. The Labute approximate surface area is 122 Å². The third-order valence-electron chi connectivity index (χ3n) is 3.20. The average Bonchev–Trinajstić information content (AvgIpc) is 2.85. The first-order chi connectivity index (χ1) is 9.03. The van der Waals surface area contributed by atoms with Crippen molar-refractivity contribution in [2.24, 2.45) is 5.92 Å². The monoisotopic (exact) mass is 321 g/mol. The summed E-state index contributed by atoms with van der Waals surface area (Å²) in [6, 6.07) is 2.58. The number of halogens is 1. The van der Waals surface area contributed by atoms with Gasteiger partial charge in [0.05, 0.1) is 10.9 Å². The van der Waals surface area contributed by atoms with Crippen molar-refractivity contribution in [1.29, 1.82) is 0 Å². The van der Waals surface area contributed by atoms with Crippen molar-refractivity contribution in [1.82, 2.24) is 4.72 Å². The van der Waals surface area contributed by atoms with Crippen LogP contribution in [0.25, 0.3) is 0 Å². The molecule has 19 heavy (non-hydrogen) atoms. The van der Waals surface area contributed by atoms with Crippen LogP contribution in [0.4, 0.5) is 0 Å². The van der Waals surface area contributed by atoms with Crippen LogP contribution in [0.1, 0.15) is 19.3 Å². The van der Waals surface area contributed by atoms with Gasteiger partial charge in [0.25, 0.3) is 0 Å². The lowest BCUT2D eigenvalue weighted by Gasteiger charge is -2.26. The minimum Gasteiger partial charge on any atom is -0.395 e. The van der Waals surface area contributed by atoms with Crippen molar-refractivity contribution in [3.63, 3.8) is 0 Å². The van der Waals surface area contributed by atoms with Crippen LogP contribution >= 0.6 is 22.9 Å². The van der Waals surface area contributed by atoms with Gasteiger partial charge in [-0.05, 0) is 37.3 Å². The quantitative estimate of drug-likeness (QED) is 0.818. The van der Waals surface area contributed by atoms with Crippen LogP contribution in [0.2, 0.25) is 4.34 Å². The second-order valence-corrected chi connectivity index (χ2v) is 8.17. The highest BCUT2D eigenvalue weighted by Gasteiger charge is 2.27. The number of hydrogen-bond acceptors (Lipinski definition) is 4. The second-order valence-electron chi connectivity index (χ2n) is 4.51. The van der Waals surface area contributed by atoms with E-state index in [1.165, 1.54) is 6.07 Å². The molecule has 0 aromatic carbocycles. The van der Waals surface area contributed by atoms with Crippen LogP contribution in [0.3, 0.4) is 0 Å². The second kappa shape index (κ2) is 6.37. The van der Waals surface area contributed by atoms with Crippen LogP contribution in [-0.2, 0) is 10.0 Å². The van der Waals surface area contributed by atoms with Gasteiger partial charge in [-0.2, -0.15) is 0 Å². The molecule has 0 spiro atoms. The third-order valence-corrected chi connectivity index (χ3v) is 6.41. The highest BCUT2D eigenvalue weighted by Crippen LogP contribution is 2.27. The first-order valence-electron chi connectivity index (χ1n) is 6.06. The molecule has 2 N–H and O–H groups in total. The summed E-state index contributed by atoms with van der Waals surface area (Å²) >= 11 is 6.77. The van der Waals surface area contributed by atoms with Crippen molar-refractivity contribution >= 4 is 33.0 Å². The van der Waals surface area contributed by atoms with E-state index in [2.05, 4.69) is 10.8 Å². The molecule has 0 amide bonds. The maximum atomic E-state index is 12.2. The summed E-state index contributed by atoms with van der Waals surface area (Å²) in [6.07, 6.45) is 6.72. The van der Waals surface area contributed by atoms with Gasteiger partial charge in [0.2, 0.25) is 10.0 Å². The zero-order valence-corrected chi connectivity index (χ0v) is 12.6. The number of sulfonamides is 1. The molecular weight excluding hydrogens is 306 g/mol. The number of thiophene rings is 1. The van der Waals surface area contributed by atoms with Gasteiger partial charge in [0.15, 0.2) is 0 Å². The van der Waals surface area contributed by atoms with E-state index < -0.39 is 16.1 Å². The van der Waals surface area contributed by atoms with E-state index in [0.29, 0.717) is 4.34 Å². The van der Waals surface area contributed by atoms with Gasteiger partial charge in [0.1, 0.15) is 4.21 Å². The van der Waals surface area contributed by atoms with Crippen molar-refractivity contribution in [3.05, 3.63) is 28.6 Å². The summed E-state index contributed by atoms with van der Waals surface area (Å²) in [5.74, 6) is 0.139. The van der Waals surface area contributed by atoms with Crippen molar-refractivity contribution in [2.75, 3.05) is 6.61 Å². The van der Waals surface area contributed by atoms with E-state index in [1.807, 2.05) is 6.08 Å². The standard InChI is InChI=1S/C12H16ClNO3S2/c13-11-6-7-12(18-11)19(16,17)14-10(8-15)9-4-2-1-3-5-9/h1-2,6-7,9-10,14-15H,3-5,8H2. The normalized spacial score (nSPS) is 21.5. The van der Waals surface area contributed by atoms with E-state index in [4.69, 9.17) is 11.6 Å². The summed E-state index contributed by atoms with van der Waals surface area (Å²) in [7, 11) is -3.60. The number of aliphatic hydroxyl groups is 1. The van der Waals surface area contributed by atoms with Crippen molar-refractivity contribution in [2.45, 2.75) is 29.5 Å². The van der Waals surface area contributed by atoms with E-state index in [9.17, 15) is 13.5 Å². The SMILES string of the molecule is O=S(=O)(NC(CO)C1CC=CCC1)c1ccc(Cl)s1. The highest BCUT2D eigenvalue weighted by atomic mass is 35.5. The first kappa shape index (κ1) is 15.0. The lowest BCUT2D eigenvalue weighted by Crippen LogP contribution is -2.42. The summed E-state index contributed by atoms with van der Waals surface area (Å²) in [6.45, 7) is -0.198. The maximum Gasteiger partial charge on any atom is 0.250 e. The van der Waals surface area contributed by atoms with E-state index in [-0.39, 0.29) is 16.7 Å². The Kier molecular flexibility index (Phi) is 5.03. The molecule has 1 aliphatic rings. The number of allylic oxidation sites excluding steroid dienone is 2. The van der Waals surface area contributed by atoms with Crippen LogP contribution < -0.4 is 4.72 Å². The molecule has 2 atom stereocenters. The molecule has 106 valence electrons.